The molecule has 1 aromatic heterocycles. The highest BCUT2D eigenvalue weighted by molar-refractivity contribution is 5.99. The van der Waals surface area contributed by atoms with Crippen molar-refractivity contribution in [2.24, 2.45) is 10.9 Å². The van der Waals surface area contributed by atoms with Crippen molar-refractivity contribution >= 4 is 11.8 Å². The molecule has 9 heteroatoms. The van der Waals surface area contributed by atoms with Crippen LogP contribution in [0.1, 0.15) is 21.7 Å². The number of carboxylic acid groups (broad SMARTS) is 1. The van der Waals surface area contributed by atoms with E-state index in [0.717, 1.165) is 6.07 Å². The molecule has 0 spiro atoms. The van der Waals surface area contributed by atoms with Gasteiger partial charge in [0.15, 0.2) is 5.84 Å². The van der Waals surface area contributed by atoms with Gasteiger partial charge >= 0.3 is 12.1 Å². The zero-order valence-corrected chi connectivity index (χ0v) is 8.06. The van der Waals surface area contributed by atoms with Gasteiger partial charge in [0.25, 0.3) is 0 Å². The van der Waals surface area contributed by atoms with Crippen LogP contribution >= 0.6 is 0 Å². The number of carboxylic acids is 1. The van der Waals surface area contributed by atoms with E-state index in [-0.39, 0.29) is 5.56 Å². The molecule has 0 saturated heterocycles. The highest BCUT2D eigenvalue weighted by Crippen LogP contribution is 2.28. The molecule has 0 radical (unpaired) electrons. The fraction of sp³-hybridized carbons (Fsp3) is 0.125. The predicted molar refractivity (Wildman–Crippen MR) is 48.7 cm³/mol. The molecule has 6 nitrogen and oxygen atoms in total. The van der Waals surface area contributed by atoms with Gasteiger partial charge in [0, 0.05) is 5.56 Å². The van der Waals surface area contributed by atoms with Crippen molar-refractivity contribution in [3.05, 3.63) is 29.1 Å². The van der Waals surface area contributed by atoms with Gasteiger partial charge in [-0.1, -0.05) is 5.16 Å². The number of aromatic nitrogens is 1. The third-order valence-electron chi connectivity index (χ3n) is 1.74. The molecule has 0 amide bonds. The summed E-state index contributed by atoms with van der Waals surface area (Å²) < 4.78 is 37.1. The molecule has 0 saturated carbocycles. The minimum atomic E-state index is -4.82. The number of nitrogens with two attached hydrogens (primary N) is 1. The summed E-state index contributed by atoms with van der Waals surface area (Å²) in [6, 6.07) is 1.26. The van der Waals surface area contributed by atoms with Gasteiger partial charge in [-0.25, -0.2) is 9.78 Å². The second kappa shape index (κ2) is 4.28. The van der Waals surface area contributed by atoms with Crippen molar-refractivity contribution in [3.63, 3.8) is 0 Å². The average Bonchev–Trinajstić information content (AvgIpc) is 2.26. The fourth-order valence-corrected chi connectivity index (χ4v) is 0.991. The summed E-state index contributed by atoms with van der Waals surface area (Å²) >= 11 is 0. The second-order valence-corrected chi connectivity index (χ2v) is 2.91. The maximum Gasteiger partial charge on any atom is 0.433 e. The first kappa shape index (κ1) is 12.7. The van der Waals surface area contributed by atoms with E-state index in [0.29, 0.717) is 6.07 Å². The number of rotatable bonds is 2. The topological polar surface area (TPSA) is 109 Å². The van der Waals surface area contributed by atoms with E-state index in [1.165, 1.54) is 0 Å². The van der Waals surface area contributed by atoms with Crippen molar-refractivity contribution in [1.29, 1.82) is 0 Å². The molecular formula is C8H6F3N3O3. The number of oxime groups is 1. The molecule has 0 aromatic carbocycles. The van der Waals surface area contributed by atoms with Crippen molar-refractivity contribution < 1.29 is 28.3 Å². The van der Waals surface area contributed by atoms with Crippen LogP contribution in [0.4, 0.5) is 13.2 Å². The van der Waals surface area contributed by atoms with E-state index < -0.39 is 29.4 Å². The predicted octanol–water partition coefficient (Wildman–Crippen LogP) is 0.893. The lowest BCUT2D eigenvalue weighted by Gasteiger charge is -2.08. The maximum absolute atomic E-state index is 12.4. The van der Waals surface area contributed by atoms with Crippen LogP contribution in [-0.4, -0.2) is 27.1 Å². The first-order chi connectivity index (χ1) is 7.75. The van der Waals surface area contributed by atoms with Gasteiger partial charge in [-0.3, -0.25) is 0 Å². The molecule has 0 aliphatic heterocycles. The van der Waals surface area contributed by atoms with Crippen LogP contribution < -0.4 is 5.73 Å². The number of aromatic carboxylic acids is 1. The molecule has 0 aliphatic carbocycles. The SMILES string of the molecule is N/C(=N\O)c1cc(C(=O)O)nc(C(F)(F)F)c1. The number of nitrogens with zero attached hydrogens (tertiary/aromatic N) is 2. The average molecular weight is 249 g/mol. The van der Waals surface area contributed by atoms with Gasteiger partial charge in [-0.2, -0.15) is 13.2 Å². The summed E-state index contributed by atoms with van der Waals surface area (Å²) in [6.07, 6.45) is -4.82. The van der Waals surface area contributed by atoms with Crippen LogP contribution in [0.2, 0.25) is 0 Å². The first-order valence-electron chi connectivity index (χ1n) is 4.06. The summed E-state index contributed by atoms with van der Waals surface area (Å²) in [5.74, 6) is -2.29. The van der Waals surface area contributed by atoms with Gasteiger partial charge in [0.1, 0.15) is 11.4 Å². The summed E-state index contributed by atoms with van der Waals surface area (Å²) in [6.45, 7) is 0. The van der Waals surface area contributed by atoms with Crippen LogP contribution in [0.5, 0.6) is 0 Å². The van der Waals surface area contributed by atoms with Crippen LogP contribution in [-0.2, 0) is 6.18 Å². The van der Waals surface area contributed by atoms with Crippen molar-refractivity contribution in [3.8, 4) is 0 Å². The third-order valence-corrected chi connectivity index (χ3v) is 1.74. The zero-order chi connectivity index (χ0) is 13.2. The molecule has 17 heavy (non-hydrogen) atoms. The van der Waals surface area contributed by atoms with Crippen LogP contribution in [0.3, 0.4) is 0 Å². The molecule has 92 valence electrons. The van der Waals surface area contributed by atoms with Crippen LogP contribution in [0, 0.1) is 0 Å². The lowest BCUT2D eigenvalue weighted by molar-refractivity contribution is -0.141. The molecule has 0 fully saturated rings. The standard InChI is InChI=1S/C8H6F3N3O3/c9-8(10,11)5-2-3(6(12)14-17)1-4(13-5)7(15)16/h1-2,17H,(H2,12,14)(H,15,16). The Bertz CT molecular complexity index is 485. The summed E-state index contributed by atoms with van der Waals surface area (Å²) in [4.78, 5) is 13.5. The Morgan fingerprint density at radius 3 is 2.41 bits per heavy atom. The smallest absolute Gasteiger partial charge is 0.433 e. The number of pyridine rings is 1. The molecule has 4 N–H and O–H groups in total. The maximum atomic E-state index is 12.4. The summed E-state index contributed by atoms with van der Waals surface area (Å²) in [5.41, 5.74) is 2.43. The van der Waals surface area contributed by atoms with E-state index in [9.17, 15) is 18.0 Å². The van der Waals surface area contributed by atoms with E-state index in [1.54, 1.807) is 0 Å². The van der Waals surface area contributed by atoms with Gasteiger partial charge in [0.2, 0.25) is 0 Å². The van der Waals surface area contributed by atoms with Crippen molar-refractivity contribution in [1.82, 2.24) is 4.98 Å². The van der Waals surface area contributed by atoms with Gasteiger partial charge in [-0.05, 0) is 12.1 Å². The number of amidine groups is 1. The molecule has 0 bridgehead atoms. The summed E-state index contributed by atoms with van der Waals surface area (Å²) in [7, 11) is 0. The molecule has 1 aromatic rings. The van der Waals surface area contributed by atoms with Gasteiger partial charge in [0.05, 0.1) is 0 Å². The normalized spacial score (nSPS) is 12.5. The second-order valence-electron chi connectivity index (χ2n) is 2.91. The minimum absolute atomic E-state index is 0.382. The highest BCUT2D eigenvalue weighted by Gasteiger charge is 2.34. The largest absolute Gasteiger partial charge is 0.477 e. The van der Waals surface area contributed by atoms with Crippen molar-refractivity contribution in [2.45, 2.75) is 6.18 Å². The Morgan fingerprint density at radius 1 is 1.41 bits per heavy atom. The molecule has 0 unspecified atom stereocenters. The van der Waals surface area contributed by atoms with Gasteiger partial charge < -0.3 is 16.0 Å². The quantitative estimate of drug-likeness (QED) is 0.312. The highest BCUT2D eigenvalue weighted by atomic mass is 19.4. The molecule has 0 aliphatic rings. The van der Waals surface area contributed by atoms with E-state index in [4.69, 9.17) is 16.0 Å². The Kier molecular flexibility index (Phi) is 3.21. The number of carbonyl (C=O) groups is 1. The van der Waals surface area contributed by atoms with Crippen LogP contribution in [0.25, 0.3) is 0 Å². The molecule has 1 rings (SSSR count). The van der Waals surface area contributed by atoms with E-state index in [1.807, 2.05) is 0 Å². The lowest BCUT2D eigenvalue weighted by atomic mass is 10.1. The first-order valence-corrected chi connectivity index (χ1v) is 4.06. The van der Waals surface area contributed by atoms with Crippen molar-refractivity contribution in [2.75, 3.05) is 0 Å². The van der Waals surface area contributed by atoms with Crippen LogP contribution in [0.15, 0.2) is 17.3 Å². The zero-order valence-electron chi connectivity index (χ0n) is 8.06. The Labute approximate surface area is 92.2 Å². The van der Waals surface area contributed by atoms with Gasteiger partial charge in [-0.15, -0.1) is 0 Å². The number of halogens is 3. The Morgan fingerprint density at radius 2 is 2.00 bits per heavy atom. The molecule has 1 heterocycles. The van der Waals surface area contributed by atoms with E-state index >= 15 is 0 Å². The monoisotopic (exact) mass is 249 g/mol. The number of hydrogen-bond acceptors (Lipinski definition) is 4. The Hall–Kier alpha value is -2.32. The minimum Gasteiger partial charge on any atom is -0.477 e. The van der Waals surface area contributed by atoms with E-state index in [2.05, 4.69) is 10.1 Å². The summed E-state index contributed by atoms with van der Waals surface area (Å²) in [5, 5.41) is 19.4. The molecule has 0 atom stereocenters. The lowest BCUT2D eigenvalue weighted by Crippen LogP contribution is -2.18. The Balaban J connectivity index is 3.45. The molecular weight excluding hydrogens is 243 g/mol. The third kappa shape index (κ3) is 2.83. The fourth-order valence-electron chi connectivity index (χ4n) is 0.991. The number of hydrogen-bond donors (Lipinski definition) is 3. The number of alkyl halides is 3.